The van der Waals surface area contributed by atoms with Crippen molar-refractivity contribution in [2.75, 3.05) is 0 Å². The molecule has 0 aliphatic heterocycles. The van der Waals surface area contributed by atoms with Gasteiger partial charge in [0.25, 0.3) is 0 Å². The van der Waals surface area contributed by atoms with E-state index in [0.29, 0.717) is 0 Å². The molecule has 0 spiro atoms. The Labute approximate surface area is 120 Å². The van der Waals surface area contributed by atoms with Gasteiger partial charge in [0, 0.05) is 0 Å². The van der Waals surface area contributed by atoms with E-state index in [4.69, 9.17) is 0 Å². The van der Waals surface area contributed by atoms with Crippen LogP contribution in [0.25, 0.3) is 22.6 Å². The molecule has 0 unspecified atom stereocenters. The molecule has 0 amide bonds. The Hall–Kier alpha value is -3.16. The number of aromatic hydroxyl groups is 2. The smallest absolute Gasteiger partial charge is 0.240 e. The van der Waals surface area contributed by atoms with E-state index in [1.165, 1.54) is 0 Å². The van der Waals surface area contributed by atoms with E-state index in [0.717, 1.165) is 13.8 Å². The van der Waals surface area contributed by atoms with Gasteiger partial charge in [-0.05, 0) is 13.8 Å². The van der Waals surface area contributed by atoms with Gasteiger partial charge in [-0.25, -0.2) is 0 Å². The molecule has 2 aliphatic rings. The number of aliphatic hydroxyl groups is 2. The lowest BCUT2D eigenvalue weighted by Gasteiger charge is -2.08. The largest absolute Gasteiger partial charge is 0.512 e. The minimum Gasteiger partial charge on any atom is -0.512 e. The van der Waals surface area contributed by atoms with E-state index in [2.05, 4.69) is 0 Å². The fraction of sp³-hybridized carbons (Fsp3) is 0.143. The molecule has 114 valence electrons. The summed E-state index contributed by atoms with van der Waals surface area (Å²) in [6.07, 6.45) is 0. The van der Waals surface area contributed by atoms with Crippen LogP contribution in [-0.2, 0) is 0 Å². The number of aliphatic hydroxyl groups excluding tert-OH is 2. The predicted molar refractivity (Wildman–Crippen MR) is 76.5 cm³/mol. The van der Waals surface area contributed by atoms with Crippen LogP contribution in [0, 0.1) is 0 Å². The molecule has 2 rings (SSSR count). The second kappa shape index (κ2) is 4.69. The maximum atomic E-state index is 12.2. The second-order valence-electron chi connectivity index (χ2n) is 4.68. The highest BCUT2D eigenvalue weighted by Gasteiger charge is 2.28. The number of hydrogen-bond donors (Lipinski definition) is 4. The summed E-state index contributed by atoms with van der Waals surface area (Å²) < 4.78 is 0. The summed E-state index contributed by atoms with van der Waals surface area (Å²) in [7, 11) is 0. The number of fused-ring (bicyclic) bond motifs is 1. The van der Waals surface area contributed by atoms with E-state index >= 15 is 0 Å². The van der Waals surface area contributed by atoms with Gasteiger partial charge in [-0.1, -0.05) is 0 Å². The quantitative estimate of drug-likeness (QED) is 0.404. The van der Waals surface area contributed by atoms with Crippen molar-refractivity contribution >= 4 is 11.5 Å². The molecule has 2 aliphatic carbocycles. The Kier molecular flexibility index (Phi) is 3.25. The van der Waals surface area contributed by atoms with E-state index < -0.39 is 66.3 Å². The first-order valence-electron chi connectivity index (χ1n) is 5.96. The Bertz CT molecular complexity index is 1090. The van der Waals surface area contributed by atoms with Crippen molar-refractivity contribution in [2.45, 2.75) is 13.8 Å². The third kappa shape index (κ3) is 1.77. The van der Waals surface area contributed by atoms with Crippen molar-refractivity contribution in [2.24, 2.45) is 0 Å². The van der Waals surface area contributed by atoms with Crippen LogP contribution in [0.1, 0.15) is 13.8 Å². The zero-order valence-corrected chi connectivity index (χ0v) is 11.4. The summed E-state index contributed by atoms with van der Waals surface area (Å²) in [5.74, 6) is -3.70. The van der Waals surface area contributed by atoms with E-state index in [9.17, 15) is 39.6 Å². The average Bonchev–Trinajstić information content (AvgIpc) is 2.39. The van der Waals surface area contributed by atoms with Crippen molar-refractivity contribution in [1.82, 2.24) is 0 Å². The molecule has 0 saturated carbocycles. The van der Waals surface area contributed by atoms with Crippen molar-refractivity contribution in [3.63, 3.8) is 0 Å². The van der Waals surface area contributed by atoms with Crippen LogP contribution in [0.2, 0.25) is 0 Å². The predicted octanol–water partition coefficient (Wildman–Crippen LogP) is -2.11. The van der Waals surface area contributed by atoms with Crippen LogP contribution in [0.3, 0.4) is 0 Å². The first-order chi connectivity index (χ1) is 10.1. The Morgan fingerprint density at radius 2 is 1.09 bits per heavy atom. The van der Waals surface area contributed by atoms with Crippen LogP contribution in [0.15, 0.2) is 19.2 Å². The molecule has 0 heterocycles. The summed E-state index contributed by atoms with van der Waals surface area (Å²) in [6, 6.07) is 0. The summed E-state index contributed by atoms with van der Waals surface area (Å²) in [6.45, 7) is 2.02. The first-order valence-corrected chi connectivity index (χ1v) is 5.96. The Morgan fingerprint density at radius 3 is 1.55 bits per heavy atom. The van der Waals surface area contributed by atoms with Crippen molar-refractivity contribution in [1.29, 1.82) is 0 Å². The molecule has 22 heavy (non-hydrogen) atoms. The monoisotopic (exact) mass is 306 g/mol. The number of rotatable bonds is 0. The van der Waals surface area contributed by atoms with Crippen LogP contribution in [0.4, 0.5) is 0 Å². The molecule has 0 atom stereocenters. The van der Waals surface area contributed by atoms with E-state index in [1.54, 1.807) is 0 Å². The molecule has 0 saturated heterocycles. The van der Waals surface area contributed by atoms with Gasteiger partial charge in [0.05, 0.1) is 11.1 Å². The van der Waals surface area contributed by atoms with Gasteiger partial charge < -0.3 is 20.4 Å². The van der Waals surface area contributed by atoms with Crippen LogP contribution < -0.4 is 32.2 Å². The van der Waals surface area contributed by atoms with E-state index in [1.807, 2.05) is 0 Å². The normalized spacial score (nSPS) is 14.1. The lowest BCUT2D eigenvalue weighted by molar-refractivity contribution is 0.451. The minimum atomic E-state index is -1.41. The maximum Gasteiger partial charge on any atom is 0.240 e. The zero-order chi connectivity index (χ0) is 16.9. The molecule has 0 bridgehead atoms. The maximum absolute atomic E-state index is 12.2. The molecule has 8 heteroatoms. The molecule has 0 aromatic carbocycles. The van der Waals surface area contributed by atoms with Crippen LogP contribution in [0.5, 0.6) is 11.5 Å². The lowest BCUT2D eigenvalue weighted by atomic mass is 9.96. The minimum absolute atomic E-state index is 0.710. The van der Waals surface area contributed by atoms with Gasteiger partial charge in [-0.15, -0.1) is 0 Å². The molecular formula is C14H10O8. The molecule has 0 fully saturated rings. The number of hydrogen-bond acceptors (Lipinski definition) is 8. The standard InChI is InChI=1S/C14H10O8/c1-3(15)5-9(17)7-8(13(21)11(5)19)14(22)12(20)6(4(2)16)10(7)18/h15-17,22H,1-2H3. The molecule has 4 N–H and O–H groups in total. The molecule has 0 aromatic rings. The third-order valence-corrected chi connectivity index (χ3v) is 3.24. The highest BCUT2D eigenvalue weighted by atomic mass is 16.3. The number of phenols is 2. The third-order valence-electron chi connectivity index (χ3n) is 3.24. The summed E-state index contributed by atoms with van der Waals surface area (Å²) in [5.41, 5.74) is -7.08. The highest BCUT2D eigenvalue weighted by Crippen LogP contribution is 2.24. The van der Waals surface area contributed by atoms with Crippen molar-refractivity contribution in [3.05, 3.63) is 51.3 Å². The van der Waals surface area contributed by atoms with Gasteiger partial charge in [-0.2, -0.15) is 0 Å². The van der Waals surface area contributed by atoms with Crippen LogP contribution >= 0.6 is 0 Å². The van der Waals surface area contributed by atoms with Crippen molar-refractivity contribution in [3.8, 4) is 22.6 Å². The summed E-state index contributed by atoms with van der Waals surface area (Å²) in [5, 5.41) is 36.9. The highest BCUT2D eigenvalue weighted by molar-refractivity contribution is 5.78. The van der Waals surface area contributed by atoms with Gasteiger partial charge >= 0.3 is 0 Å². The fourth-order valence-electron chi connectivity index (χ4n) is 2.26. The topological polar surface area (TPSA) is 149 Å². The van der Waals surface area contributed by atoms with Crippen LogP contribution in [-0.4, -0.2) is 20.4 Å². The van der Waals surface area contributed by atoms with Gasteiger partial charge in [0.15, 0.2) is 5.75 Å². The Balaban J connectivity index is 3.56. The lowest BCUT2D eigenvalue weighted by Crippen LogP contribution is -2.48. The van der Waals surface area contributed by atoms with Gasteiger partial charge in [-0.3, -0.25) is 19.2 Å². The van der Waals surface area contributed by atoms with Crippen molar-refractivity contribution < 1.29 is 20.4 Å². The Morgan fingerprint density at radius 1 is 0.636 bits per heavy atom. The molecule has 0 radical (unpaired) electrons. The first kappa shape index (κ1) is 15.2. The molecule has 0 aromatic heterocycles. The van der Waals surface area contributed by atoms with Gasteiger partial charge in [0.1, 0.15) is 27.7 Å². The van der Waals surface area contributed by atoms with E-state index in [-0.39, 0.29) is 0 Å². The molecular weight excluding hydrogens is 296 g/mol. The fourth-order valence-corrected chi connectivity index (χ4v) is 2.26. The van der Waals surface area contributed by atoms with Gasteiger partial charge in [0.2, 0.25) is 21.7 Å². The number of benzene rings is 2. The average molecular weight is 306 g/mol. The number of phenolic OH excluding ortho intramolecular Hbond substituents is 2. The zero-order valence-electron chi connectivity index (χ0n) is 11.4. The SMILES string of the molecule is CC(O)=c1c(O)c2c(=O)c(=C(C)O)c(=O)c(O)c-2c(=O)c1=O. The summed E-state index contributed by atoms with van der Waals surface area (Å²) in [4.78, 5) is 47.8. The molecule has 8 nitrogen and oxygen atoms in total. The summed E-state index contributed by atoms with van der Waals surface area (Å²) >= 11 is 0. The second-order valence-corrected chi connectivity index (χ2v) is 4.68.